The highest BCUT2D eigenvalue weighted by atomic mass is 35.5. The molecule has 2 aromatic rings. The zero-order valence-corrected chi connectivity index (χ0v) is 13.1. The number of rotatable bonds is 5. The van der Waals surface area contributed by atoms with Crippen molar-refractivity contribution in [1.29, 1.82) is 0 Å². The highest BCUT2D eigenvalue weighted by Crippen LogP contribution is 2.35. The molecule has 2 aromatic carbocycles. The fourth-order valence-electron chi connectivity index (χ4n) is 2.07. The Bertz CT molecular complexity index is 766. The van der Waals surface area contributed by atoms with Crippen molar-refractivity contribution in [1.82, 2.24) is 0 Å². The molecule has 0 aliphatic heterocycles. The molecule has 0 amide bonds. The Kier molecular flexibility index (Phi) is 5.19. The zero-order valence-electron chi connectivity index (χ0n) is 12.4. The molecule has 0 aromatic heterocycles. The van der Waals surface area contributed by atoms with Crippen LogP contribution in [0.15, 0.2) is 48.5 Å². The van der Waals surface area contributed by atoms with Gasteiger partial charge in [-0.2, -0.15) is 0 Å². The third kappa shape index (κ3) is 3.79. The molecular formula is C18H15ClO4. The number of hydrogen-bond acceptors (Lipinski definition) is 3. The molecule has 2 N–H and O–H groups in total. The fourth-order valence-corrected chi connectivity index (χ4v) is 2.40. The summed E-state index contributed by atoms with van der Waals surface area (Å²) >= 11 is 6.01. The van der Waals surface area contributed by atoms with E-state index in [1.165, 1.54) is 25.1 Å². The summed E-state index contributed by atoms with van der Waals surface area (Å²) in [5, 5.41) is 19.0. The van der Waals surface area contributed by atoms with E-state index in [0.29, 0.717) is 0 Å². The number of ketones is 1. The van der Waals surface area contributed by atoms with Crippen LogP contribution in [0.4, 0.5) is 0 Å². The Balaban J connectivity index is 2.30. The van der Waals surface area contributed by atoms with Crippen LogP contribution >= 0.6 is 11.6 Å². The van der Waals surface area contributed by atoms with Gasteiger partial charge in [0.1, 0.15) is 5.75 Å². The number of aromatic hydroxyl groups is 1. The number of halogens is 1. The Labute approximate surface area is 138 Å². The maximum atomic E-state index is 12.2. The predicted molar refractivity (Wildman–Crippen MR) is 89.0 cm³/mol. The SMILES string of the molecule is C[C@@H](C(=O)O)c1ccc(C(=O)/C=C/c2ccccc2)c(O)c1Cl. The highest BCUT2D eigenvalue weighted by Gasteiger charge is 2.22. The summed E-state index contributed by atoms with van der Waals surface area (Å²) in [6.45, 7) is 1.46. The Morgan fingerprint density at radius 2 is 1.78 bits per heavy atom. The number of benzene rings is 2. The van der Waals surface area contributed by atoms with E-state index in [1.54, 1.807) is 6.08 Å². The number of carboxylic acids is 1. The van der Waals surface area contributed by atoms with Gasteiger partial charge in [0, 0.05) is 0 Å². The van der Waals surface area contributed by atoms with Gasteiger partial charge in [0.05, 0.1) is 16.5 Å². The molecule has 0 aliphatic carbocycles. The number of carbonyl (C=O) groups excluding carboxylic acids is 1. The van der Waals surface area contributed by atoms with Gasteiger partial charge in [-0.25, -0.2) is 0 Å². The van der Waals surface area contributed by atoms with Crippen LogP contribution in [0.2, 0.25) is 5.02 Å². The lowest BCUT2D eigenvalue weighted by Gasteiger charge is -2.12. The van der Waals surface area contributed by atoms with Crippen LogP contribution in [0, 0.1) is 0 Å². The predicted octanol–water partition coefficient (Wildman–Crippen LogP) is 4.13. The zero-order chi connectivity index (χ0) is 17.0. The minimum Gasteiger partial charge on any atom is -0.506 e. The van der Waals surface area contributed by atoms with Crippen molar-refractivity contribution in [2.45, 2.75) is 12.8 Å². The summed E-state index contributed by atoms with van der Waals surface area (Å²) in [5.41, 5.74) is 1.14. The first-order chi connectivity index (χ1) is 10.9. The van der Waals surface area contributed by atoms with Crippen molar-refractivity contribution in [2.75, 3.05) is 0 Å². The largest absolute Gasteiger partial charge is 0.506 e. The molecule has 2 rings (SSSR count). The molecule has 0 unspecified atom stereocenters. The van der Waals surface area contributed by atoms with Gasteiger partial charge >= 0.3 is 5.97 Å². The molecule has 0 bridgehead atoms. The fraction of sp³-hybridized carbons (Fsp3) is 0.111. The molecule has 0 saturated carbocycles. The molecule has 0 heterocycles. The number of phenols is 1. The van der Waals surface area contributed by atoms with Gasteiger partial charge < -0.3 is 10.2 Å². The number of hydrogen-bond donors (Lipinski definition) is 2. The average molecular weight is 331 g/mol. The van der Waals surface area contributed by atoms with Gasteiger partial charge in [0.25, 0.3) is 0 Å². The molecule has 4 nitrogen and oxygen atoms in total. The van der Waals surface area contributed by atoms with Crippen molar-refractivity contribution in [3.8, 4) is 5.75 Å². The molecule has 0 fully saturated rings. The van der Waals surface area contributed by atoms with Gasteiger partial charge in [-0.1, -0.05) is 54.1 Å². The minimum atomic E-state index is -1.06. The van der Waals surface area contributed by atoms with Crippen molar-refractivity contribution >= 4 is 29.4 Å². The van der Waals surface area contributed by atoms with E-state index in [9.17, 15) is 14.7 Å². The summed E-state index contributed by atoms with van der Waals surface area (Å²) in [4.78, 5) is 23.2. The summed E-state index contributed by atoms with van der Waals surface area (Å²) in [7, 11) is 0. The summed E-state index contributed by atoms with van der Waals surface area (Å²) in [6.07, 6.45) is 2.96. The van der Waals surface area contributed by atoms with E-state index >= 15 is 0 Å². The van der Waals surface area contributed by atoms with Crippen LogP contribution in [0.25, 0.3) is 6.08 Å². The Hall–Kier alpha value is -2.59. The van der Waals surface area contributed by atoms with Crippen LogP contribution in [0.3, 0.4) is 0 Å². The molecular weight excluding hydrogens is 316 g/mol. The average Bonchev–Trinajstić information content (AvgIpc) is 2.55. The summed E-state index contributed by atoms with van der Waals surface area (Å²) < 4.78 is 0. The van der Waals surface area contributed by atoms with Gasteiger partial charge in [-0.3, -0.25) is 9.59 Å². The van der Waals surface area contributed by atoms with Gasteiger partial charge in [-0.05, 0) is 30.2 Å². The lowest BCUT2D eigenvalue weighted by molar-refractivity contribution is -0.138. The normalized spacial score (nSPS) is 12.3. The van der Waals surface area contributed by atoms with E-state index in [1.807, 2.05) is 30.3 Å². The standard InChI is InChI=1S/C18H15ClO4/c1-11(18(22)23)13-8-9-14(17(21)16(13)19)15(20)10-7-12-5-3-2-4-6-12/h2-11,21H,1H3,(H,22,23)/b10-7+/t11-/m1/s1. The first kappa shape index (κ1) is 16.8. The van der Waals surface area contributed by atoms with E-state index in [4.69, 9.17) is 16.7 Å². The maximum absolute atomic E-state index is 12.2. The lowest BCUT2D eigenvalue weighted by atomic mass is 9.97. The second kappa shape index (κ2) is 7.11. The second-order valence-corrected chi connectivity index (χ2v) is 5.41. The highest BCUT2D eigenvalue weighted by molar-refractivity contribution is 6.34. The maximum Gasteiger partial charge on any atom is 0.310 e. The number of phenolic OH excluding ortho intramolecular Hbond substituents is 1. The molecule has 23 heavy (non-hydrogen) atoms. The van der Waals surface area contributed by atoms with Gasteiger partial charge in [-0.15, -0.1) is 0 Å². The molecule has 0 spiro atoms. The van der Waals surface area contributed by atoms with Crippen LogP contribution in [0.1, 0.15) is 34.3 Å². The van der Waals surface area contributed by atoms with Gasteiger partial charge in [0.15, 0.2) is 5.78 Å². The molecule has 5 heteroatoms. The Morgan fingerprint density at radius 3 is 2.39 bits per heavy atom. The molecule has 118 valence electrons. The monoisotopic (exact) mass is 330 g/mol. The third-order valence-electron chi connectivity index (χ3n) is 3.48. The topological polar surface area (TPSA) is 74.6 Å². The van der Waals surface area contributed by atoms with Crippen molar-refractivity contribution < 1.29 is 19.8 Å². The van der Waals surface area contributed by atoms with Gasteiger partial charge in [0.2, 0.25) is 0 Å². The smallest absolute Gasteiger partial charge is 0.310 e. The molecule has 0 aliphatic rings. The Morgan fingerprint density at radius 1 is 1.13 bits per heavy atom. The van der Waals surface area contributed by atoms with E-state index in [-0.39, 0.29) is 16.1 Å². The third-order valence-corrected chi connectivity index (χ3v) is 3.87. The van der Waals surface area contributed by atoms with E-state index in [2.05, 4.69) is 0 Å². The quantitative estimate of drug-likeness (QED) is 0.638. The number of carbonyl (C=O) groups is 2. The van der Waals surface area contributed by atoms with Crippen LogP contribution < -0.4 is 0 Å². The van der Waals surface area contributed by atoms with Crippen LogP contribution in [-0.2, 0) is 4.79 Å². The van der Waals surface area contributed by atoms with Crippen LogP contribution in [-0.4, -0.2) is 22.0 Å². The van der Waals surface area contributed by atoms with Crippen molar-refractivity contribution in [3.63, 3.8) is 0 Å². The minimum absolute atomic E-state index is 0.0310. The first-order valence-corrected chi connectivity index (χ1v) is 7.31. The molecule has 1 atom stereocenters. The molecule has 0 saturated heterocycles. The second-order valence-electron chi connectivity index (χ2n) is 5.03. The molecule has 0 radical (unpaired) electrons. The first-order valence-electron chi connectivity index (χ1n) is 6.93. The number of carboxylic acid groups (broad SMARTS) is 1. The summed E-state index contributed by atoms with van der Waals surface area (Å²) in [5.74, 6) is -2.76. The number of allylic oxidation sites excluding steroid dienone is 1. The van der Waals surface area contributed by atoms with Crippen LogP contribution in [0.5, 0.6) is 5.75 Å². The summed E-state index contributed by atoms with van der Waals surface area (Å²) in [6, 6.07) is 12.1. The van der Waals surface area contributed by atoms with Crippen molar-refractivity contribution in [3.05, 3.63) is 70.3 Å². The lowest BCUT2D eigenvalue weighted by Crippen LogP contribution is -2.09. The van der Waals surface area contributed by atoms with E-state index in [0.717, 1.165) is 5.56 Å². The van der Waals surface area contributed by atoms with Crippen molar-refractivity contribution in [2.24, 2.45) is 0 Å². The number of aliphatic carboxylic acids is 1. The van der Waals surface area contributed by atoms with E-state index < -0.39 is 23.4 Å².